The Hall–Kier alpha value is -3.20. The third-order valence-electron chi connectivity index (χ3n) is 10.4. The van der Waals surface area contributed by atoms with Crippen molar-refractivity contribution >= 4 is 42.2 Å². The maximum absolute atomic E-state index is 14.1. The number of carbonyl (C=O) groups excluding carboxylic acids is 4. The number of ether oxygens (including phenoxy) is 2. The van der Waals surface area contributed by atoms with Gasteiger partial charge in [0.25, 0.3) is 0 Å². The topological polar surface area (TPSA) is 158 Å². The van der Waals surface area contributed by atoms with Gasteiger partial charge < -0.3 is 35.0 Å². The van der Waals surface area contributed by atoms with Gasteiger partial charge >= 0.3 is 5.97 Å². The molecule has 1 heterocycles. The van der Waals surface area contributed by atoms with Crippen molar-refractivity contribution in [2.75, 3.05) is 47.7 Å². The molecule has 0 radical (unpaired) electrons. The maximum Gasteiger partial charge on any atom is 0.326 e. The van der Waals surface area contributed by atoms with E-state index >= 15 is 0 Å². The van der Waals surface area contributed by atoms with Crippen LogP contribution < -0.4 is 10.6 Å². The lowest BCUT2D eigenvalue weighted by atomic mass is 9.90. The molecule has 1 fully saturated rings. The van der Waals surface area contributed by atoms with E-state index in [0.717, 1.165) is 5.56 Å². The van der Waals surface area contributed by atoms with Crippen LogP contribution in [0.4, 0.5) is 0 Å². The van der Waals surface area contributed by atoms with E-state index in [1.807, 2.05) is 77.0 Å². The molecule has 4 amide bonds. The van der Waals surface area contributed by atoms with Gasteiger partial charge in [-0.05, 0) is 44.3 Å². The number of aliphatic carboxylic acids is 1. The number of hydrogen-bond acceptors (Lipinski definition) is 9. The van der Waals surface area contributed by atoms with Gasteiger partial charge in [0.1, 0.15) is 12.1 Å². The van der Waals surface area contributed by atoms with Gasteiger partial charge in [-0.3, -0.25) is 24.1 Å². The number of carbonyl (C=O) groups is 5. The van der Waals surface area contributed by atoms with Gasteiger partial charge in [0.2, 0.25) is 23.6 Å². The van der Waals surface area contributed by atoms with Gasteiger partial charge in [-0.25, -0.2) is 4.79 Å². The lowest BCUT2D eigenvalue weighted by molar-refractivity contribution is -0.147. The molecule has 1 saturated heterocycles. The zero-order valence-corrected chi connectivity index (χ0v) is 33.6. The minimum absolute atomic E-state index is 0.0194. The molecule has 0 aliphatic carbocycles. The number of methoxy groups -OCH3 is 2. The van der Waals surface area contributed by atoms with E-state index in [-0.39, 0.29) is 48.2 Å². The van der Waals surface area contributed by atoms with Crippen molar-refractivity contribution in [1.29, 1.82) is 0 Å². The third kappa shape index (κ3) is 11.9. The summed E-state index contributed by atoms with van der Waals surface area (Å²) in [5.41, 5.74) is 0.782. The SMILES string of the molecule is CC[C@H](C)[C@@H]([C@@H](CC(=O)N1CCCC1[C@H](OC)[C@@H](C)C(=O)NC(Cc1ccccc1)C(=O)O)OC)N(C)C(=O)C(CS)NC(=O)C(C(C)C)N(C)C. The highest BCUT2D eigenvalue weighted by molar-refractivity contribution is 7.80. The number of rotatable bonds is 21. The molecule has 13 nitrogen and oxygen atoms in total. The Labute approximate surface area is 315 Å². The summed E-state index contributed by atoms with van der Waals surface area (Å²) >= 11 is 4.41. The zero-order valence-electron chi connectivity index (χ0n) is 32.7. The van der Waals surface area contributed by atoms with E-state index in [1.54, 1.807) is 23.8 Å². The molecule has 0 aromatic heterocycles. The Morgan fingerprint density at radius 1 is 0.962 bits per heavy atom. The van der Waals surface area contributed by atoms with Crippen LogP contribution in [0.25, 0.3) is 0 Å². The summed E-state index contributed by atoms with van der Waals surface area (Å²) < 4.78 is 11.8. The molecule has 9 atom stereocenters. The van der Waals surface area contributed by atoms with Crippen molar-refractivity contribution in [3.05, 3.63) is 35.9 Å². The van der Waals surface area contributed by atoms with E-state index < -0.39 is 60.2 Å². The smallest absolute Gasteiger partial charge is 0.326 e. The highest BCUT2D eigenvalue weighted by Gasteiger charge is 2.43. The lowest BCUT2D eigenvalue weighted by Gasteiger charge is -2.40. The monoisotopic (exact) mass is 749 g/mol. The van der Waals surface area contributed by atoms with Crippen molar-refractivity contribution in [2.24, 2.45) is 17.8 Å². The standard InChI is InChI=1S/C38H63N5O8S/c1-11-24(4)33(42(8)37(47)28(22-52)40-36(46)32(23(2)3)41(6)7)30(50-9)21-31(44)43-19-15-18-29(43)34(51-10)25(5)35(45)39-27(38(48)49)20-26-16-13-12-14-17-26/h12-14,16-17,23-25,27-30,32-34,52H,11,15,18-22H2,1-10H3,(H,39,45)(H,40,46)(H,48,49)/t24-,25+,27?,28?,29?,30+,32?,33-,34+/m0/s1. The summed E-state index contributed by atoms with van der Waals surface area (Å²) in [5, 5.41) is 15.4. The molecule has 1 aliphatic rings. The first-order valence-corrected chi connectivity index (χ1v) is 18.9. The Balaban J connectivity index is 2.24. The van der Waals surface area contributed by atoms with E-state index in [2.05, 4.69) is 23.3 Å². The first kappa shape index (κ1) is 45.0. The van der Waals surface area contributed by atoms with Gasteiger partial charge in [-0.2, -0.15) is 12.6 Å². The number of hydrogen-bond donors (Lipinski definition) is 4. The van der Waals surface area contributed by atoms with Crippen molar-refractivity contribution in [3.8, 4) is 0 Å². The number of nitrogens with zero attached hydrogens (tertiary/aromatic N) is 3. The van der Waals surface area contributed by atoms with Gasteiger partial charge in [-0.15, -0.1) is 0 Å². The van der Waals surface area contributed by atoms with Crippen molar-refractivity contribution in [3.63, 3.8) is 0 Å². The number of carboxylic acids is 1. The number of benzene rings is 1. The molecule has 52 heavy (non-hydrogen) atoms. The molecule has 294 valence electrons. The molecule has 1 aromatic rings. The van der Waals surface area contributed by atoms with Crippen molar-refractivity contribution in [2.45, 2.75) is 109 Å². The first-order chi connectivity index (χ1) is 24.5. The quantitative estimate of drug-likeness (QED) is 0.139. The Morgan fingerprint density at radius 2 is 1.58 bits per heavy atom. The predicted octanol–water partition coefficient (Wildman–Crippen LogP) is 2.72. The maximum atomic E-state index is 14.1. The number of thiol groups is 1. The number of nitrogens with one attached hydrogen (secondary N) is 2. The average Bonchev–Trinajstić information content (AvgIpc) is 3.59. The third-order valence-corrected chi connectivity index (χ3v) is 10.8. The Morgan fingerprint density at radius 3 is 2.08 bits per heavy atom. The summed E-state index contributed by atoms with van der Waals surface area (Å²) in [5.74, 6) is -3.10. The van der Waals surface area contributed by atoms with E-state index in [9.17, 15) is 29.1 Å². The number of carboxylic acid groups (broad SMARTS) is 1. The molecule has 1 aliphatic heterocycles. The van der Waals surface area contributed by atoms with Gasteiger partial charge in [0, 0.05) is 40.0 Å². The van der Waals surface area contributed by atoms with Gasteiger partial charge in [-0.1, -0.05) is 71.4 Å². The van der Waals surface area contributed by atoms with Crippen LogP contribution >= 0.6 is 12.6 Å². The molecule has 4 unspecified atom stereocenters. The van der Waals surface area contributed by atoms with Crippen LogP contribution in [0.3, 0.4) is 0 Å². The van der Waals surface area contributed by atoms with Crippen molar-refractivity contribution in [1.82, 2.24) is 25.3 Å². The van der Waals surface area contributed by atoms with E-state index in [0.29, 0.717) is 25.8 Å². The van der Waals surface area contributed by atoms with Gasteiger partial charge in [0.05, 0.1) is 42.7 Å². The van der Waals surface area contributed by atoms with E-state index in [4.69, 9.17) is 9.47 Å². The Kier molecular flexibility index (Phi) is 18.6. The van der Waals surface area contributed by atoms with Crippen LogP contribution in [0, 0.1) is 17.8 Å². The first-order valence-electron chi connectivity index (χ1n) is 18.3. The average molecular weight is 750 g/mol. The number of amides is 4. The van der Waals surface area contributed by atoms with Crippen LogP contribution in [0.1, 0.15) is 65.9 Å². The molecule has 2 rings (SSSR count). The summed E-state index contributed by atoms with van der Waals surface area (Å²) in [6, 6.07) is 5.72. The second-order valence-corrected chi connectivity index (χ2v) is 14.9. The highest BCUT2D eigenvalue weighted by Crippen LogP contribution is 2.29. The van der Waals surface area contributed by atoms with Crippen LogP contribution in [0.2, 0.25) is 0 Å². The second kappa shape index (κ2) is 21.5. The minimum Gasteiger partial charge on any atom is -0.480 e. The molecular weight excluding hydrogens is 687 g/mol. The molecule has 0 spiro atoms. The molecular formula is C38H63N5O8S. The minimum atomic E-state index is -1.14. The number of likely N-dealkylation sites (N-methyl/N-ethyl adjacent to an activating group) is 2. The number of likely N-dealkylation sites (tertiary alicyclic amines) is 1. The lowest BCUT2D eigenvalue weighted by Crippen LogP contribution is -2.59. The molecule has 0 saturated carbocycles. The van der Waals surface area contributed by atoms with E-state index in [1.165, 1.54) is 14.2 Å². The summed E-state index contributed by atoms with van der Waals surface area (Å²) in [7, 11) is 8.33. The molecule has 1 aromatic carbocycles. The fraction of sp³-hybridized carbons (Fsp3) is 0.711. The van der Waals surface area contributed by atoms with Crippen molar-refractivity contribution < 1.29 is 38.6 Å². The highest BCUT2D eigenvalue weighted by atomic mass is 32.1. The summed E-state index contributed by atoms with van der Waals surface area (Å²) in [6.45, 7) is 10.0. The predicted molar refractivity (Wildman–Crippen MR) is 204 cm³/mol. The molecule has 14 heteroatoms. The summed E-state index contributed by atoms with van der Waals surface area (Å²) in [6.07, 6.45) is 0.754. The Bertz CT molecular complexity index is 1310. The van der Waals surface area contributed by atoms with Crippen LogP contribution in [-0.4, -0.2) is 139 Å². The van der Waals surface area contributed by atoms with Crippen LogP contribution in [-0.2, 0) is 39.9 Å². The second-order valence-electron chi connectivity index (χ2n) is 14.6. The van der Waals surface area contributed by atoms with Crippen LogP contribution in [0.5, 0.6) is 0 Å². The summed E-state index contributed by atoms with van der Waals surface area (Å²) in [4.78, 5) is 71.9. The van der Waals surface area contributed by atoms with Crippen LogP contribution in [0.15, 0.2) is 30.3 Å². The molecule has 3 N–H and O–H groups in total. The largest absolute Gasteiger partial charge is 0.480 e. The molecule has 0 bridgehead atoms. The van der Waals surface area contributed by atoms with Gasteiger partial charge in [0.15, 0.2) is 0 Å². The normalized spacial score (nSPS) is 19.2. The fourth-order valence-electron chi connectivity index (χ4n) is 7.48. The fourth-order valence-corrected chi connectivity index (χ4v) is 7.73. The zero-order chi connectivity index (χ0) is 39.3.